The highest BCUT2D eigenvalue weighted by molar-refractivity contribution is 5.43. The van der Waals surface area contributed by atoms with Crippen molar-refractivity contribution in [2.75, 3.05) is 32.7 Å². The SMILES string of the molecule is Cc1cc(C)c(C#CCN2CCNCC2)c(F)c1. The molecule has 1 aromatic carbocycles. The third-order valence-electron chi connectivity index (χ3n) is 3.16. The van der Waals surface area contributed by atoms with E-state index < -0.39 is 0 Å². The Morgan fingerprint density at radius 3 is 2.67 bits per heavy atom. The van der Waals surface area contributed by atoms with E-state index in [2.05, 4.69) is 22.1 Å². The summed E-state index contributed by atoms with van der Waals surface area (Å²) in [4.78, 5) is 2.28. The van der Waals surface area contributed by atoms with Crippen molar-refractivity contribution in [1.29, 1.82) is 0 Å². The van der Waals surface area contributed by atoms with Gasteiger partial charge in [-0.1, -0.05) is 17.9 Å². The number of halogens is 1. The average Bonchev–Trinajstić information content (AvgIpc) is 2.34. The molecule has 1 aliphatic rings. The van der Waals surface area contributed by atoms with Crippen molar-refractivity contribution in [2.24, 2.45) is 0 Å². The predicted octanol–water partition coefficient (Wildman–Crippen LogP) is 1.70. The molecule has 1 aromatic rings. The summed E-state index contributed by atoms with van der Waals surface area (Å²) < 4.78 is 13.8. The van der Waals surface area contributed by atoms with E-state index >= 15 is 0 Å². The number of hydrogen-bond acceptors (Lipinski definition) is 2. The fourth-order valence-electron chi connectivity index (χ4n) is 2.18. The van der Waals surface area contributed by atoms with Crippen LogP contribution in [0.5, 0.6) is 0 Å². The van der Waals surface area contributed by atoms with Gasteiger partial charge in [0.15, 0.2) is 0 Å². The van der Waals surface area contributed by atoms with Crippen LogP contribution in [-0.4, -0.2) is 37.6 Å². The Hall–Kier alpha value is -1.37. The number of nitrogens with zero attached hydrogens (tertiary/aromatic N) is 1. The minimum absolute atomic E-state index is 0.208. The molecule has 96 valence electrons. The molecule has 18 heavy (non-hydrogen) atoms. The highest BCUT2D eigenvalue weighted by Crippen LogP contribution is 2.14. The molecule has 0 aromatic heterocycles. The van der Waals surface area contributed by atoms with E-state index in [0.29, 0.717) is 12.1 Å². The molecule has 0 saturated carbocycles. The standard InChI is InChI=1S/C15H19FN2/c1-12-10-13(2)14(15(16)11-12)4-3-7-18-8-5-17-6-9-18/h10-11,17H,5-9H2,1-2H3. The molecule has 0 bridgehead atoms. The first kappa shape index (κ1) is 13.1. The summed E-state index contributed by atoms with van der Waals surface area (Å²) in [7, 11) is 0. The number of aryl methyl sites for hydroxylation is 2. The first-order valence-corrected chi connectivity index (χ1v) is 6.35. The zero-order valence-electron chi connectivity index (χ0n) is 11.0. The monoisotopic (exact) mass is 246 g/mol. The van der Waals surface area contributed by atoms with Gasteiger partial charge in [0.05, 0.1) is 12.1 Å². The van der Waals surface area contributed by atoms with Crippen LogP contribution in [0.15, 0.2) is 12.1 Å². The molecule has 1 saturated heterocycles. The molecule has 1 aliphatic heterocycles. The average molecular weight is 246 g/mol. The minimum atomic E-state index is -0.208. The Kier molecular flexibility index (Phi) is 4.35. The van der Waals surface area contributed by atoms with Gasteiger partial charge in [-0.05, 0) is 31.0 Å². The number of rotatable bonds is 1. The minimum Gasteiger partial charge on any atom is -0.314 e. The molecule has 0 unspecified atom stereocenters. The number of hydrogen-bond donors (Lipinski definition) is 1. The third-order valence-corrected chi connectivity index (χ3v) is 3.16. The second-order valence-electron chi connectivity index (χ2n) is 4.77. The topological polar surface area (TPSA) is 15.3 Å². The second kappa shape index (κ2) is 5.99. The van der Waals surface area contributed by atoms with Gasteiger partial charge in [-0.3, -0.25) is 4.90 Å². The third kappa shape index (κ3) is 3.32. The molecule has 3 heteroatoms. The lowest BCUT2D eigenvalue weighted by Gasteiger charge is -2.24. The van der Waals surface area contributed by atoms with Crippen molar-refractivity contribution in [2.45, 2.75) is 13.8 Å². The Labute approximate surface area is 108 Å². The van der Waals surface area contributed by atoms with E-state index in [1.807, 2.05) is 19.9 Å². The van der Waals surface area contributed by atoms with Crippen LogP contribution in [-0.2, 0) is 0 Å². The Bertz CT molecular complexity index is 456. The van der Waals surface area contributed by atoms with Crippen molar-refractivity contribution >= 4 is 0 Å². The normalized spacial score (nSPS) is 16.2. The lowest BCUT2D eigenvalue weighted by Crippen LogP contribution is -2.43. The van der Waals surface area contributed by atoms with E-state index in [9.17, 15) is 4.39 Å². The molecule has 0 radical (unpaired) electrons. The number of piperazine rings is 1. The maximum absolute atomic E-state index is 13.8. The second-order valence-corrected chi connectivity index (χ2v) is 4.77. The predicted molar refractivity (Wildman–Crippen MR) is 72.1 cm³/mol. The molecule has 1 fully saturated rings. The van der Waals surface area contributed by atoms with E-state index in [1.165, 1.54) is 0 Å². The van der Waals surface area contributed by atoms with E-state index in [0.717, 1.165) is 37.3 Å². The summed E-state index contributed by atoms with van der Waals surface area (Å²) in [5.74, 6) is 5.84. The largest absolute Gasteiger partial charge is 0.314 e. The van der Waals surface area contributed by atoms with Gasteiger partial charge in [-0.2, -0.15) is 0 Å². The van der Waals surface area contributed by atoms with Gasteiger partial charge in [-0.25, -0.2) is 4.39 Å². The van der Waals surface area contributed by atoms with Gasteiger partial charge >= 0.3 is 0 Å². The molecular formula is C15H19FN2. The van der Waals surface area contributed by atoms with Crippen LogP contribution in [0.25, 0.3) is 0 Å². The summed E-state index contributed by atoms with van der Waals surface area (Å²) in [5, 5.41) is 3.30. The molecule has 1 N–H and O–H groups in total. The van der Waals surface area contributed by atoms with Gasteiger partial charge in [-0.15, -0.1) is 0 Å². The molecule has 2 rings (SSSR count). The molecule has 0 atom stereocenters. The van der Waals surface area contributed by atoms with Gasteiger partial charge in [0.2, 0.25) is 0 Å². The maximum atomic E-state index is 13.8. The van der Waals surface area contributed by atoms with E-state index in [4.69, 9.17) is 0 Å². The van der Waals surface area contributed by atoms with Crippen LogP contribution in [0.1, 0.15) is 16.7 Å². The zero-order chi connectivity index (χ0) is 13.0. The molecule has 0 spiro atoms. The van der Waals surface area contributed by atoms with E-state index in [-0.39, 0.29) is 5.82 Å². The summed E-state index contributed by atoms with van der Waals surface area (Å²) in [6.45, 7) is 8.58. The van der Waals surface area contributed by atoms with Crippen molar-refractivity contribution in [3.05, 3.63) is 34.6 Å². The highest BCUT2D eigenvalue weighted by Gasteiger charge is 2.07. The molecule has 0 aliphatic carbocycles. The number of nitrogens with one attached hydrogen (secondary N) is 1. The van der Waals surface area contributed by atoms with Gasteiger partial charge in [0.25, 0.3) is 0 Å². The lowest BCUT2D eigenvalue weighted by molar-refractivity contribution is 0.268. The molecule has 1 heterocycles. The van der Waals surface area contributed by atoms with Crippen LogP contribution in [0.2, 0.25) is 0 Å². The highest BCUT2D eigenvalue weighted by atomic mass is 19.1. The van der Waals surface area contributed by atoms with Crippen molar-refractivity contribution in [3.8, 4) is 11.8 Å². The van der Waals surface area contributed by atoms with E-state index in [1.54, 1.807) is 6.07 Å². The Balaban J connectivity index is 2.05. The van der Waals surface area contributed by atoms with Crippen LogP contribution >= 0.6 is 0 Å². The van der Waals surface area contributed by atoms with Gasteiger partial charge < -0.3 is 5.32 Å². The van der Waals surface area contributed by atoms with Gasteiger partial charge in [0.1, 0.15) is 5.82 Å². The summed E-state index contributed by atoms with van der Waals surface area (Å²) in [6, 6.07) is 3.51. The Morgan fingerprint density at radius 1 is 1.28 bits per heavy atom. The first-order chi connectivity index (χ1) is 8.66. The summed E-state index contributed by atoms with van der Waals surface area (Å²) in [5.41, 5.74) is 2.40. The van der Waals surface area contributed by atoms with Crippen molar-refractivity contribution in [3.63, 3.8) is 0 Å². The van der Waals surface area contributed by atoms with Crippen LogP contribution < -0.4 is 5.32 Å². The molecule has 0 amide bonds. The van der Waals surface area contributed by atoms with Crippen LogP contribution in [0, 0.1) is 31.5 Å². The van der Waals surface area contributed by atoms with Crippen LogP contribution in [0.4, 0.5) is 4.39 Å². The lowest BCUT2D eigenvalue weighted by atomic mass is 10.1. The summed E-state index contributed by atoms with van der Waals surface area (Å²) in [6.07, 6.45) is 0. The molecule has 2 nitrogen and oxygen atoms in total. The smallest absolute Gasteiger partial charge is 0.139 e. The zero-order valence-corrected chi connectivity index (χ0v) is 11.0. The fraction of sp³-hybridized carbons (Fsp3) is 0.467. The van der Waals surface area contributed by atoms with Crippen LogP contribution in [0.3, 0.4) is 0 Å². The van der Waals surface area contributed by atoms with Crippen molar-refractivity contribution in [1.82, 2.24) is 10.2 Å². The molecular weight excluding hydrogens is 227 g/mol. The quantitative estimate of drug-likeness (QED) is 0.759. The van der Waals surface area contributed by atoms with Crippen molar-refractivity contribution < 1.29 is 4.39 Å². The Morgan fingerprint density at radius 2 is 2.00 bits per heavy atom. The first-order valence-electron chi connectivity index (χ1n) is 6.35. The summed E-state index contributed by atoms with van der Waals surface area (Å²) >= 11 is 0. The van der Waals surface area contributed by atoms with Gasteiger partial charge in [0, 0.05) is 26.2 Å². The number of benzene rings is 1. The maximum Gasteiger partial charge on any atom is 0.139 e. The fourth-order valence-corrected chi connectivity index (χ4v) is 2.18.